The first-order chi connectivity index (χ1) is 6.01. The van der Waals surface area contributed by atoms with Crippen LogP contribution in [0.5, 0.6) is 0 Å². The second kappa shape index (κ2) is 3.94. The van der Waals surface area contributed by atoms with Gasteiger partial charge in [-0.05, 0) is 19.3 Å². The monoisotopic (exact) mass is 206 g/mol. The van der Waals surface area contributed by atoms with Crippen LogP contribution < -0.4 is 10.5 Å². The first-order valence-electron chi connectivity index (χ1n) is 4.72. The second-order valence-corrected chi connectivity index (χ2v) is 5.85. The summed E-state index contributed by atoms with van der Waals surface area (Å²) in [4.78, 5) is 0. The lowest BCUT2D eigenvalue weighted by molar-refractivity contribution is 0.563. The van der Waals surface area contributed by atoms with E-state index in [0.717, 1.165) is 12.8 Å². The van der Waals surface area contributed by atoms with Crippen molar-refractivity contribution in [2.24, 2.45) is 11.7 Å². The van der Waals surface area contributed by atoms with E-state index in [2.05, 4.69) is 11.6 Å². The minimum Gasteiger partial charge on any atom is -0.329 e. The van der Waals surface area contributed by atoms with Gasteiger partial charge in [-0.25, -0.2) is 13.1 Å². The van der Waals surface area contributed by atoms with Crippen molar-refractivity contribution in [1.82, 2.24) is 4.72 Å². The Balaban J connectivity index is 2.45. The topological polar surface area (TPSA) is 72.2 Å². The molecule has 3 atom stereocenters. The molecule has 3 N–H and O–H groups in total. The highest BCUT2D eigenvalue weighted by Gasteiger charge is 2.39. The molecular weight excluding hydrogens is 188 g/mol. The van der Waals surface area contributed by atoms with Crippen molar-refractivity contribution >= 4 is 10.0 Å². The Labute approximate surface area is 79.9 Å². The van der Waals surface area contributed by atoms with Crippen molar-refractivity contribution in [3.63, 3.8) is 0 Å². The fraction of sp³-hybridized carbons (Fsp3) is 1.00. The molecule has 0 aromatic carbocycles. The largest absolute Gasteiger partial charge is 0.329 e. The van der Waals surface area contributed by atoms with Crippen molar-refractivity contribution in [1.29, 1.82) is 0 Å². The predicted octanol–water partition coefficient (Wildman–Crippen LogP) is 0.0515. The highest BCUT2D eigenvalue weighted by atomic mass is 32.2. The molecule has 5 heteroatoms. The molecule has 0 aliphatic heterocycles. The third-order valence-corrected chi connectivity index (χ3v) is 4.51. The first-order valence-corrected chi connectivity index (χ1v) is 6.27. The minimum absolute atomic E-state index is 0.170. The molecule has 1 aliphatic carbocycles. The molecule has 3 unspecified atom stereocenters. The molecule has 1 rings (SSSR count). The molecule has 0 saturated heterocycles. The number of nitrogens with one attached hydrogen (secondary N) is 1. The number of rotatable bonds is 5. The van der Waals surface area contributed by atoms with Gasteiger partial charge in [0, 0.05) is 12.6 Å². The molecule has 13 heavy (non-hydrogen) atoms. The third kappa shape index (κ3) is 2.65. The van der Waals surface area contributed by atoms with Gasteiger partial charge in [-0.1, -0.05) is 13.3 Å². The lowest BCUT2D eigenvalue weighted by Gasteiger charge is -2.11. The van der Waals surface area contributed by atoms with Crippen LogP contribution in [0.3, 0.4) is 0 Å². The van der Waals surface area contributed by atoms with E-state index in [1.807, 2.05) is 0 Å². The molecule has 0 heterocycles. The number of hydrogen-bond donors (Lipinski definition) is 2. The van der Waals surface area contributed by atoms with Crippen molar-refractivity contribution in [2.75, 3.05) is 6.54 Å². The second-order valence-electron chi connectivity index (χ2n) is 3.72. The van der Waals surface area contributed by atoms with Gasteiger partial charge in [-0.15, -0.1) is 0 Å². The summed E-state index contributed by atoms with van der Waals surface area (Å²) >= 11 is 0. The van der Waals surface area contributed by atoms with Gasteiger partial charge in [0.25, 0.3) is 0 Å². The molecule has 0 aromatic heterocycles. The minimum atomic E-state index is -3.17. The first kappa shape index (κ1) is 10.9. The lowest BCUT2D eigenvalue weighted by atomic mass is 10.3. The molecule has 0 aromatic rings. The van der Waals surface area contributed by atoms with Crippen LogP contribution in [0.2, 0.25) is 0 Å². The van der Waals surface area contributed by atoms with Crippen LogP contribution in [-0.4, -0.2) is 26.3 Å². The van der Waals surface area contributed by atoms with Gasteiger partial charge in [0.2, 0.25) is 10.0 Å². The van der Waals surface area contributed by atoms with Gasteiger partial charge >= 0.3 is 0 Å². The Kier molecular flexibility index (Phi) is 3.32. The van der Waals surface area contributed by atoms with E-state index >= 15 is 0 Å². The molecule has 0 radical (unpaired) electrons. The SMILES string of the molecule is CCC1CC1NS(=O)(=O)C(C)CN. The van der Waals surface area contributed by atoms with E-state index in [9.17, 15) is 8.42 Å². The maximum atomic E-state index is 11.5. The molecule has 4 nitrogen and oxygen atoms in total. The fourth-order valence-corrected chi connectivity index (χ4v) is 2.49. The van der Waals surface area contributed by atoms with Crippen LogP contribution in [0.4, 0.5) is 0 Å². The van der Waals surface area contributed by atoms with E-state index in [1.54, 1.807) is 6.92 Å². The molecule has 0 spiro atoms. The zero-order valence-corrected chi connectivity index (χ0v) is 8.97. The average molecular weight is 206 g/mol. The number of hydrogen-bond acceptors (Lipinski definition) is 3. The highest BCUT2D eigenvalue weighted by Crippen LogP contribution is 2.33. The van der Waals surface area contributed by atoms with E-state index in [0.29, 0.717) is 5.92 Å². The van der Waals surface area contributed by atoms with Gasteiger partial charge in [-0.3, -0.25) is 0 Å². The predicted molar refractivity (Wildman–Crippen MR) is 52.8 cm³/mol. The normalized spacial score (nSPS) is 30.1. The van der Waals surface area contributed by atoms with E-state index in [4.69, 9.17) is 5.73 Å². The third-order valence-electron chi connectivity index (χ3n) is 2.62. The van der Waals surface area contributed by atoms with Gasteiger partial charge < -0.3 is 5.73 Å². The molecule has 0 amide bonds. The van der Waals surface area contributed by atoms with Gasteiger partial charge in [-0.2, -0.15) is 0 Å². The van der Waals surface area contributed by atoms with Crippen LogP contribution in [0.25, 0.3) is 0 Å². The van der Waals surface area contributed by atoms with Crippen molar-refractivity contribution in [3.8, 4) is 0 Å². The van der Waals surface area contributed by atoms with Crippen molar-refractivity contribution in [2.45, 2.75) is 38.0 Å². The van der Waals surface area contributed by atoms with Crippen LogP contribution in [0.1, 0.15) is 26.7 Å². The van der Waals surface area contributed by atoms with Crippen LogP contribution in [0, 0.1) is 5.92 Å². The van der Waals surface area contributed by atoms with Gasteiger partial charge in [0.05, 0.1) is 5.25 Å². The van der Waals surface area contributed by atoms with Gasteiger partial charge in [0.1, 0.15) is 0 Å². The maximum Gasteiger partial charge on any atom is 0.215 e. The average Bonchev–Trinajstić information content (AvgIpc) is 2.81. The lowest BCUT2D eigenvalue weighted by Crippen LogP contribution is -2.38. The number of sulfonamides is 1. The molecule has 1 saturated carbocycles. The maximum absolute atomic E-state index is 11.5. The van der Waals surface area contributed by atoms with E-state index < -0.39 is 15.3 Å². The van der Waals surface area contributed by atoms with Crippen LogP contribution in [0.15, 0.2) is 0 Å². The standard InChI is InChI=1S/C8H18N2O2S/c1-3-7-4-8(7)10-13(11,12)6(2)5-9/h6-8,10H,3-5,9H2,1-2H3. The van der Waals surface area contributed by atoms with E-state index in [-0.39, 0.29) is 12.6 Å². The summed E-state index contributed by atoms with van der Waals surface area (Å²) in [6.45, 7) is 3.88. The molecule has 0 bridgehead atoms. The van der Waals surface area contributed by atoms with Crippen molar-refractivity contribution in [3.05, 3.63) is 0 Å². The zero-order chi connectivity index (χ0) is 10.1. The Morgan fingerprint density at radius 2 is 2.23 bits per heavy atom. The smallest absolute Gasteiger partial charge is 0.215 e. The molecule has 78 valence electrons. The zero-order valence-electron chi connectivity index (χ0n) is 8.16. The Bertz CT molecular complexity index is 263. The summed E-state index contributed by atoms with van der Waals surface area (Å²) in [6, 6.07) is 0.170. The fourth-order valence-electron chi connectivity index (χ4n) is 1.30. The summed E-state index contributed by atoms with van der Waals surface area (Å²) in [6.07, 6.45) is 2.03. The van der Waals surface area contributed by atoms with Crippen molar-refractivity contribution < 1.29 is 8.42 Å². The molecular formula is C8H18N2O2S. The summed E-state index contributed by atoms with van der Waals surface area (Å²) in [5, 5.41) is -0.481. The van der Waals surface area contributed by atoms with Gasteiger partial charge in [0.15, 0.2) is 0 Å². The molecule has 1 aliphatic rings. The quantitative estimate of drug-likeness (QED) is 0.667. The van der Waals surface area contributed by atoms with Crippen LogP contribution >= 0.6 is 0 Å². The molecule has 1 fully saturated rings. The highest BCUT2D eigenvalue weighted by molar-refractivity contribution is 7.90. The summed E-state index contributed by atoms with van der Waals surface area (Å²) in [7, 11) is -3.17. The number of nitrogens with two attached hydrogens (primary N) is 1. The van der Waals surface area contributed by atoms with Crippen LogP contribution in [-0.2, 0) is 10.0 Å². The Morgan fingerprint density at radius 3 is 2.62 bits per heavy atom. The Hall–Kier alpha value is -0.130. The Morgan fingerprint density at radius 1 is 1.62 bits per heavy atom. The van der Waals surface area contributed by atoms with E-state index in [1.165, 1.54) is 0 Å². The summed E-state index contributed by atoms with van der Waals surface area (Å²) < 4.78 is 25.6. The summed E-state index contributed by atoms with van der Waals surface area (Å²) in [5.41, 5.74) is 5.30. The summed E-state index contributed by atoms with van der Waals surface area (Å²) in [5.74, 6) is 0.541.